The molecule has 110 valence electrons. The zero-order chi connectivity index (χ0) is 13.9. The van der Waals surface area contributed by atoms with Crippen LogP contribution in [0.1, 0.15) is 34.1 Å². The summed E-state index contributed by atoms with van der Waals surface area (Å²) >= 11 is 0. The lowest BCUT2D eigenvalue weighted by Gasteiger charge is -2.22. The van der Waals surface area contributed by atoms with Gasteiger partial charge in [-0.3, -0.25) is 0 Å². The second kappa shape index (κ2) is 10.7. The van der Waals surface area contributed by atoms with Gasteiger partial charge in [-0.15, -0.1) is 0 Å². The Kier molecular flexibility index (Phi) is 10.6. The number of ether oxygens (including phenoxy) is 2. The van der Waals surface area contributed by atoms with Crippen LogP contribution in [0.3, 0.4) is 0 Å². The predicted octanol–water partition coefficient (Wildman–Crippen LogP) is 1.75. The van der Waals surface area contributed by atoms with Crippen LogP contribution in [-0.2, 0) is 9.47 Å². The average Bonchev–Trinajstić information content (AvgIpc) is 2.37. The number of hydrogen-bond acceptors (Lipinski definition) is 4. The summed E-state index contributed by atoms with van der Waals surface area (Å²) in [6.45, 7) is 15.4. The van der Waals surface area contributed by atoms with Gasteiger partial charge in [0.05, 0.1) is 12.2 Å². The summed E-state index contributed by atoms with van der Waals surface area (Å²) in [7, 11) is 1.74. The highest BCUT2D eigenvalue weighted by molar-refractivity contribution is 4.66. The SMILES string of the molecule is CCN(CC)CCNCCOCCC(C)(C)OC. The molecule has 4 heteroatoms. The Hall–Kier alpha value is -0.160. The summed E-state index contributed by atoms with van der Waals surface area (Å²) in [5.74, 6) is 0. The second-order valence-electron chi connectivity index (χ2n) is 5.10. The topological polar surface area (TPSA) is 33.7 Å². The monoisotopic (exact) mass is 260 g/mol. The minimum atomic E-state index is -0.0732. The van der Waals surface area contributed by atoms with Gasteiger partial charge < -0.3 is 19.7 Å². The Balaban J connectivity index is 3.26. The molecular weight excluding hydrogens is 228 g/mol. The highest BCUT2D eigenvalue weighted by atomic mass is 16.5. The Bertz CT molecular complexity index is 183. The van der Waals surface area contributed by atoms with Crippen LogP contribution in [0.4, 0.5) is 0 Å². The summed E-state index contributed by atoms with van der Waals surface area (Å²) in [4.78, 5) is 2.41. The molecule has 18 heavy (non-hydrogen) atoms. The van der Waals surface area contributed by atoms with Gasteiger partial charge in [-0.1, -0.05) is 13.8 Å². The maximum Gasteiger partial charge on any atom is 0.0644 e. The van der Waals surface area contributed by atoms with E-state index in [0.717, 1.165) is 52.4 Å². The van der Waals surface area contributed by atoms with E-state index in [2.05, 4.69) is 37.9 Å². The van der Waals surface area contributed by atoms with Crippen molar-refractivity contribution >= 4 is 0 Å². The fourth-order valence-corrected chi connectivity index (χ4v) is 1.57. The van der Waals surface area contributed by atoms with Crippen LogP contribution in [0.15, 0.2) is 0 Å². The van der Waals surface area contributed by atoms with Crippen LogP contribution in [0, 0.1) is 0 Å². The van der Waals surface area contributed by atoms with Gasteiger partial charge in [0.1, 0.15) is 0 Å². The van der Waals surface area contributed by atoms with Crippen LogP contribution >= 0.6 is 0 Å². The molecule has 0 aromatic heterocycles. The summed E-state index contributed by atoms with van der Waals surface area (Å²) in [6.07, 6.45) is 0.933. The van der Waals surface area contributed by atoms with E-state index >= 15 is 0 Å². The third-order valence-corrected chi connectivity index (χ3v) is 3.32. The molecule has 0 saturated heterocycles. The molecule has 0 aliphatic rings. The van der Waals surface area contributed by atoms with E-state index in [0.29, 0.717) is 0 Å². The number of rotatable bonds is 12. The molecule has 0 heterocycles. The molecule has 0 bridgehead atoms. The minimum Gasteiger partial charge on any atom is -0.380 e. The maximum absolute atomic E-state index is 5.57. The first kappa shape index (κ1) is 17.8. The van der Waals surface area contributed by atoms with E-state index in [9.17, 15) is 0 Å². The van der Waals surface area contributed by atoms with Gasteiger partial charge in [0, 0.05) is 33.4 Å². The first-order chi connectivity index (χ1) is 8.55. The molecule has 4 nitrogen and oxygen atoms in total. The maximum atomic E-state index is 5.57. The third-order valence-electron chi connectivity index (χ3n) is 3.32. The molecule has 0 atom stereocenters. The lowest BCUT2D eigenvalue weighted by Crippen LogP contribution is -2.33. The molecule has 0 fully saturated rings. The standard InChI is InChI=1S/C14H32N2O2/c1-6-16(7-2)11-9-15-10-13-18-12-8-14(3,4)17-5/h15H,6-13H2,1-5H3. The van der Waals surface area contributed by atoms with E-state index in [4.69, 9.17) is 9.47 Å². The Labute approximate surface area is 113 Å². The summed E-state index contributed by atoms with van der Waals surface area (Å²) in [6, 6.07) is 0. The highest BCUT2D eigenvalue weighted by Crippen LogP contribution is 2.12. The number of likely N-dealkylation sites (N-methyl/N-ethyl adjacent to an activating group) is 1. The predicted molar refractivity (Wildman–Crippen MR) is 77.2 cm³/mol. The smallest absolute Gasteiger partial charge is 0.0644 e. The van der Waals surface area contributed by atoms with Crippen molar-refractivity contribution in [3.8, 4) is 0 Å². The lowest BCUT2D eigenvalue weighted by atomic mass is 10.1. The first-order valence-corrected chi connectivity index (χ1v) is 7.11. The van der Waals surface area contributed by atoms with Gasteiger partial charge in [-0.05, 0) is 33.4 Å². The summed E-state index contributed by atoms with van der Waals surface area (Å²) in [5, 5.41) is 3.40. The van der Waals surface area contributed by atoms with Crippen molar-refractivity contribution in [1.82, 2.24) is 10.2 Å². The van der Waals surface area contributed by atoms with Gasteiger partial charge >= 0.3 is 0 Å². The van der Waals surface area contributed by atoms with Crippen LogP contribution < -0.4 is 5.32 Å². The fourth-order valence-electron chi connectivity index (χ4n) is 1.57. The molecule has 1 N–H and O–H groups in total. The molecule has 0 rings (SSSR count). The van der Waals surface area contributed by atoms with E-state index in [1.54, 1.807) is 7.11 Å². The van der Waals surface area contributed by atoms with Crippen LogP contribution in [0.25, 0.3) is 0 Å². The Morgan fingerprint density at radius 2 is 1.72 bits per heavy atom. The van der Waals surface area contributed by atoms with E-state index < -0.39 is 0 Å². The molecule has 0 saturated carbocycles. The van der Waals surface area contributed by atoms with Crippen molar-refractivity contribution in [3.05, 3.63) is 0 Å². The Morgan fingerprint density at radius 3 is 2.28 bits per heavy atom. The number of nitrogens with one attached hydrogen (secondary N) is 1. The van der Waals surface area contributed by atoms with Gasteiger partial charge in [0.25, 0.3) is 0 Å². The van der Waals surface area contributed by atoms with Crippen LogP contribution in [-0.4, -0.2) is 63.5 Å². The molecule has 0 unspecified atom stereocenters. The van der Waals surface area contributed by atoms with Crippen molar-refractivity contribution in [3.63, 3.8) is 0 Å². The van der Waals surface area contributed by atoms with E-state index in [1.165, 1.54) is 0 Å². The van der Waals surface area contributed by atoms with Gasteiger partial charge in [0.2, 0.25) is 0 Å². The molecule has 0 aromatic carbocycles. The molecule has 0 spiro atoms. The minimum absolute atomic E-state index is 0.0732. The molecule has 0 aliphatic carbocycles. The quantitative estimate of drug-likeness (QED) is 0.542. The second-order valence-corrected chi connectivity index (χ2v) is 5.10. The number of nitrogens with zero attached hydrogens (tertiary/aromatic N) is 1. The van der Waals surface area contributed by atoms with Crippen molar-refractivity contribution in [1.29, 1.82) is 0 Å². The average molecular weight is 260 g/mol. The van der Waals surface area contributed by atoms with Gasteiger partial charge in [0.15, 0.2) is 0 Å². The van der Waals surface area contributed by atoms with Gasteiger partial charge in [-0.25, -0.2) is 0 Å². The summed E-state index contributed by atoms with van der Waals surface area (Å²) in [5.41, 5.74) is -0.0732. The zero-order valence-corrected chi connectivity index (χ0v) is 12.9. The Morgan fingerprint density at radius 1 is 1.06 bits per heavy atom. The van der Waals surface area contributed by atoms with Crippen LogP contribution in [0.2, 0.25) is 0 Å². The van der Waals surface area contributed by atoms with Crippen LogP contribution in [0.5, 0.6) is 0 Å². The number of methoxy groups -OCH3 is 1. The first-order valence-electron chi connectivity index (χ1n) is 7.11. The van der Waals surface area contributed by atoms with Crippen molar-refractivity contribution in [2.45, 2.75) is 39.7 Å². The van der Waals surface area contributed by atoms with Gasteiger partial charge in [-0.2, -0.15) is 0 Å². The van der Waals surface area contributed by atoms with Crippen molar-refractivity contribution in [2.24, 2.45) is 0 Å². The molecule has 0 aromatic rings. The lowest BCUT2D eigenvalue weighted by molar-refractivity contribution is -0.00936. The fraction of sp³-hybridized carbons (Fsp3) is 1.00. The molecule has 0 radical (unpaired) electrons. The molecule has 0 aliphatic heterocycles. The molecular formula is C14H32N2O2. The third kappa shape index (κ3) is 9.83. The molecule has 0 amide bonds. The highest BCUT2D eigenvalue weighted by Gasteiger charge is 2.15. The summed E-state index contributed by atoms with van der Waals surface area (Å²) < 4.78 is 10.9. The largest absolute Gasteiger partial charge is 0.380 e. The number of hydrogen-bond donors (Lipinski definition) is 1. The van der Waals surface area contributed by atoms with E-state index in [1.807, 2.05) is 0 Å². The zero-order valence-electron chi connectivity index (χ0n) is 12.9. The van der Waals surface area contributed by atoms with E-state index in [-0.39, 0.29) is 5.60 Å². The van der Waals surface area contributed by atoms with Crippen molar-refractivity contribution < 1.29 is 9.47 Å². The normalized spacial score (nSPS) is 12.3. The van der Waals surface area contributed by atoms with Crippen molar-refractivity contribution in [2.75, 3.05) is 53.0 Å².